The van der Waals surface area contributed by atoms with Gasteiger partial charge in [-0.05, 0) is 45.0 Å². The number of carbonyl (C=O) groups excluding carboxylic acids is 2. The summed E-state index contributed by atoms with van der Waals surface area (Å²) in [6.07, 6.45) is 4.00. The fourth-order valence-electron chi connectivity index (χ4n) is 3.19. The van der Waals surface area contributed by atoms with Crippen LogP contribution in [0.2, 0.25) is 0 Å². The normalized spacial score (nSPS) is 15.2. The lowest BCUT2D eigenvalue weighted by atomic mass is 9.92. The summed E-state index contributed by atoms with van der Waals surface area (Å²) in [6.45, 7) is 6.57. The molecule has 1 aliphatic rings. The zero-order valence-electron chi connectivity index (χ0n) is 17.8. The maximum absolute atomic E-state index is 12.5. The highest BCUT2D eigenvalue weighted by molar-refractivity contribution is 6.39. The number of nitrogens with zero attached hydrogens (tertiary/aromatic N) is 4. The van der Waals surface area contributed by atoms with Gasteiger partial charge in [0.1, 0.15) is 5.82 Å². The maximum Gasteiger partial charge on any atom is 0.314 e. The average molecular weight is 399 g/mol. The van der Waals surface area contributed by atoms with E-state index in [-0.39, 0.29) is 11.5 Å². The van der Waals surface area contributed by atoms with E-state index in [4.69, 9.17) is 0 Å². The molecule has 0 unspecified atom stereocenters. The Hall–Kier alpha value is -2.74. The van der Waals surface area contributed by atoms with E-state index in [0.717, 1.165) is 5.69 Å². The van der Waals surface area contributed by atoms with Gasteiger partial charge in [-0.25, -0.2) is 4.98 Å². The summed E-state index contributed by atoms with van der Waals surface area (Å²) in [5.41, 5.74) is 0.575. The molecule has 29 heavy (non-hydrogen) atoms. The Morgan fingerprint density at radius 1 is 1.24 bits per heavy atom. The van der Waals surface area contributed by atoms with Crippen LogP contribution in [0.5, 0.6) is 0 Å². The van der Waals surface area contributed by atoms with E-state index in [9.17, 15) is 9.59 Å². The number of pyridine rings is 1. The van der Waals surface area contributed by atoms with Crippen molar-refractivity contribution in [1.29, 1.82) is 0 Å². The van der Waals surface area contributed by atoms with Gasteiger partial charge in [0.05, 0.1) is 5.69 Å². The summed E-state index contributed by atoms with van der Waals surface area (Å²) in [5.74, 6) is 0.216. The molecule has 1 atom stereocenters. The van der Waals surface area contributed by atoms with Crippen molar-refractivity contribution in [3.8, 4) is 5.82 Å². The van der Waals surface area contributed by atoms with Crippen LogP contribution in [0.15, 0.2) is 30.5 Å². The molecule has 1 aliphatic carbocycles. The molecule has 2 amide bonds. The number of likely N-dealkylation sites (N-methyl/N-ethyl adjacent to an activating group) is 1. The Kier molecular flexibility index (Phi) is 6.02. The second kappa shape index (κ2) is 8.32. The first-order valence-corrected chi connectivity index (χ1v) is 9.94. The third kappa shape index (κ3) is 5.20. The number of nitrogens with one attached hydrogen (secondary N) is 2. The van der Waals surface area contributed by atoms with Gasteiger partial charge in [0.15, 0.2) is 5.82 Å². The van der Waals surface area contributed by atoms with Crippen molar-refractivity contribution >= 4 is 17.6 Å². The fourth-order valence-corrected chi connectivity index (χ4v) is 3.19. The summed E-state index contributed by atoms with van der Waals surface area (Å²) in [6, 6.07) is 7.49. The zero-order valence-corrected chi connectivity index (χ0v) is 17.8. The van der Waals surface area contributed by atoms with Crippen LogP contribution in [0.1, 0.15) is 39.3 Å². The van der Waals surface area contributed by atoms with Crippen molar-refractivity contribution in [2.45, 2.75) is 45.1 Å². The topological polar surface area (TPSA) is 92.2 Å². The van der Waals surface area contributed by atoms with Crippen molar-refractivity contribution in [2.75, 3.05) is 26.0 Å². The SMILES string of the molecule is CN(C)[C@H](CNC(=O)C(=O)Nc1cc(C(C)(C)C)nn1-c1ccccn1)C1CC1. The minimum atomic E-state index is -0.712. The van der Waals surface area contributed by atoms with Crippen LogP contribution in [0.4, 0.5) is 5.82 Å². The number of carbonyl (C=O) groups is 2. The van der Waals surface area contributed by atoms with Gasteiger partial charge in [-0.2, -0.15) is 9.78 Å². The molecular weight excluding hydrogens is 368 g/mol. The predicted molar refractivity (Wildman–Crippen MR) is 112 cm³/mol. The largest absolute Gasteiger partial charge is 0.346 e. The van der Waals surface area contributed by atoms with Crippen molar-refractivity contribution < 1.29 is 9.59 Å². The van der Waals surface area contributed by atoms with Crippen molar-refractivity contribution in [3.63, 3.8) is 0 Å². The lowest BCUT2D eigenvalue weighted by Gasteiger charge is -2.24. The van der Waals surface area contributed by atoms with Gasteiger partial charge < -0.3 is 15.5 Å². The Balaban J connectivity index is 1.73. The van der Waals surface area contributed by atoms with Crippen LogP contribution in [0, 0.1) is 5.92 Å². The Morgan fingerprint density at radius 2 is 1.97 bits per heavy atom. The molecule has 8 heteroatoms. The summed E-state index contributed by atoms with van der Waals surface area (Å²) >= 11 is 0. The van der Waals surface area contributed by atoms with E-state index in [1.807, 2.05) is 47.0 Å². The van der Waals surface area contributed by atoms with E-state index >= 15 is 0 Å². The van der Waals surface area contributed by atoms with Crippen LogP contribution in [-0.4, -0.2) is 58.2 Å². The molecule has 0 aliphatic heterocycles. The van der Waals surface area contributed by atoms with Crippen LogP contribution in [0.3, 0.4) is 0 Å². The number of hydrogen-bond donors (Lipinski definition) is 2. The van der Waals surface area contributed by atoms with Crippen molar-refractivity contribution in [3.05, 3.63) is 36.2 Å². The molecular formula is C21H30N6O2. The van der Waals surface area contributed by atoms with Gasteiger partial charge >= 0.3 is 11.8 Å². The van der Waals surface area contributed by atoms with Crippen LogP contribution in [-0.2, 0) is 15.0 Å². The van der Waals surface area contributed by atoms with Gasteiger partial charge in [0, 0.05) is 30.3 Å². The molecule has 2 N–H and O–H groups in total. The van der Waals surface area contributed by atoms with Gasteiger partial charge in [0.25, 0.3) is 0 Å². The molecule has 3 rings (SSSR count). The quantitative estimate of drug-likeness (QED) is 0.726. The van der Waals surface area contributed by atoms with Gasteiger partial charge in [-0.3, -0.25) is 9.59 Å². The predicted octanol–water partition coefficient (Wildman–Crippen LogP) is 1.96. The molecule has 2 heterocycles. The molecule has 8 nitrogen and oxygen atoms in total. The number of amides is 2. The zero-order chi connectivity index (χ0) is 21.2. The highest BCUT2D eigenvalue weighted by Crippen LogP contribution is 2.34. The summed E-state index contributed by atoms with van der Waals surface area (Å²) in [7, 11) is 3.99. The lowest BCUT2D eigenvalue weighted by Crippen LogP contribution is -2.45. The number of hydrogen-bond acceptors (Lipinski definition) is 5. The Labute approximate surface area is 171 Å². The van der Waals surface area contributed by atoms with Crippen molar-refractivity contribution in [1.82, 2.24) is 25.0 Å². The molecule has 0 saturated heterocycles. The van der Waals surface area contributed by atoms with E-state index in [2.05, 4.69) is 25.6 Å². The van der Waals surface area contributed by atoms with E-state index < -0.39 is 11.8 Å². The van der Waals surface area contributed by atoms with Crippen LogP contribution in [0.25, 0.3) is 5.82 Å². The maximum atomic E-state index is 12.5. The summed E-state index contributed by atoms with van der Waals surface area (Å²) < 4.78 is 1.55. The summed E-state index contributed by atoms with van der Waals surface area (Å²) in [4.78, 5) is 31.3. The second-order valence-electron chi connectivity index (χ2n) is 8.80. The molecule has 1 fully saturated rings. The standard InChI is InChI=1S/C21H30N6O2/c1-21(2,3)16-12-18(27(25-16)17-8-6-7-11-22-17)24-20(29)19(28)23-13-15(26(4)5)14-9-10-14/h6-8,11-12,14-15H,9-10,13H2,1-5H3,(H,23,28)(H,24,29)/t15-/m1/s1. The molecule has 0 aromatic carbocycles. The molecule has 0 radical (unpaired) electrons. The van der Waals surface area contributed by atoms with Gasteiger partial charge in [-0.15, -0.1) is 0 Å². The number of aromatic nitrogens is 3. The van der Waals surface area contributed by atoms with Gasteiger partial charge in [-0.1, -0.05) is 26.8 Å². The molecule has 0 bridgehead atoms. The first kappa shape index (κ1) is 21.0. The fraction of sp³-hybridized carbons (Fsp3) is 0.524. The number of anilines is 1. The van der Waals surface area contributed by atoms with Gasteiger partial charge in [0.2, 0.25) is 0 Å². The van der Waals surface area contributed by atoms with E-state index in [1.54, 1.807) is 23.0 Å². The van der Waals surface area contributed by atoms with Crippen LogP contribution >= 0.6 is 0 Å². The Bertz CT molecular complexity index is 863. The van der Waals surface area contributed by atoms with Crippen LogP contribution < -0.4 is 10.6 Å². The third-order valence-electron chi connectivity index (χ3n) is 5.09. The monoisotopic (exact) mass is 398 g/mol. The minimum absolute atomic E-state index is 0.217. The lowest BCUT2D eigenvalue weighted by molar-refractivity contribution is -0.136. The van der Waals surface area contributed by atoms with E-state index in [0.29, 0.717) is 24.1 Å². The second-order valence-corrected chi connectivity index (χ2v) is 8.80. The molecule has 2 aromatic heterocycles. The highest BCUT2D eigenvalue weighted by atomic mass is 16.2. The Morgan fingerprint density at radius 3 is 2.52 bits per heavy atom. The number of rotatable bonds is 6. The van der Waals surface area contributed by atoms with Crippen molar-refractivity contribution in [2.24, 2.45) is 5.92 Å². The highest BCUT2D eigenvalue weighted by Gasteiger charge is 2.33. The first-order valence-electron chi connectivity index (χ1n) is 9.94. The molecule has 2 aromatic rings. The molecule has 0 spiro atoms. The summed E-state index contributed by atoms with van der Waals surface area (Å²) in [5, 5.41) is 10.1. The third-order valence-corrected chi connectivity index (χ3v) is 5.09. The minimum Gasteiger partial charge on any atom is -0.346 e. The molecule has 1 saturated carbocycles. The smallest absolute Gasteiger partial charge is 0.314 e. The molecule has 156 valence electrons. The van der Waals surface area contributed by atoms with E-state index in [1.165, 1.54) is 12.8 Å². The first-order chi connectivity index (χ1) is 13.7. The average Bonchev–Trinajstić information content (AvgIpc) is 3.40.